The summed E-state index contributed by atoms with van der Waals surface area (Å²) in [5.74, 6) is 0.920. The summed E-state index contributed by atoms with van der Waals surface area (Å²) in [7, 11) is 0. The minimum atomic E-state index is 0.560. The van der Waals surface area contributed by atoms with Gasteiger partial charge in [-0.1, -0.05) is 31.4 Å². The van der Waals surface area contributed by atoms with E-state index in [1.807, 2.05) is 12.1 Å². The van der Waals surface area contributed by atoms with Crippen LogP contribution in [0.4, 0.5) is 0 Å². The van der Waals surface area contributed by atoms with Crippen LogP contribution in [-0.2, 0) is 6.54 Å². The first-order valence-corrected chi connectivity index (χ1v) is 7.03. The molecule has 0 spiro atoms. The molecule has 1 saturated carbocycles. The molecule has 3 N–H and O–H groups in total. The number of hydrogen-bond acceptors (Lipinski definition) is 3. The lowest BCUT2D eigenvalue weighted by Crippen LogP contribution is -2.30. The summed E-state index contributed by atoms with van der Waals surface area (Å²) >= 11 is 0. The highest BCUT2D eigenvalue weighted by molar-refractivity contribution is 5.28. The number of rotatable bonds is 6. The summed E-state index contributed by atoms with van der Waals surface area (Å²) in [5, 5.41) is 3.64. The number of hydrogen-bond donors (Lipinski definition) is 2. The van der Waals surface area contributed by atoms with Gasteiger partial charge in [0.2, 0.25) is 0 Å². The molecule has 1 aromatic carbocycles. The number of nitrogens with one attached hydrogen (secondary N) is 1. The fraction of sp³-hybridized carbons (Fsp3) is 0.600. The van der Waals surface area contributed by atoms with Crippen LogP contribution in [0.1, 0.15) is 37.7 Å². The van der Waals surface area contributed by atoms with Crippen molar-refractivity contribution in [2.45, 2.75) is 44.7 Å². The van der Waals surface area contributed by atoms with Gasteiger partial charge in [-0.2, -0.15) is 0 Å². The van der Waals surface area contributed by atoms with E-state index >= 15 is 0 Å². The predicted molar refractivity (Wildman–Crippen MR) is 74.7 cm³/mol. The molecule has 0 aromatic heterocycles. The smallest absolute Gasteiger partial charge is 0.119 e. The molecule has 1 aromatic rings. The molecule has 0 radical (unpaired) electrons. The second-order valence-corrected chi connectivity index (χ2v) is 5.00. The molecule has 0 saturated heterocycles. The van der Waals surface area contributed by atoms with Crippen molar-refractivity contribution in [3.63, 3.8) is 0 Å². The molecule has 0 atom stereocenters. The molecule has 2 rings (SSSR count). The van der Waals surface area contributed by atoms with E-state index in [4.69, 9.17) is 10.5 Å². The highest BCUT2D eigenvalue weighted by Crippen LogP contribution is 2.18. The molecule has 0 unspecified atom stereocenters. The minimum Gasteiger partial charge on any atom is -0.492 e. The fourth-order valence-electron chi connectivity index (χ4n) is 2.49. The fourth-order valence-corrected chi connectivity index (χ4v) is 2.49. The topological polar surface area (TPSA) is 47.3 Å². The number of ether oxygens (including phenoxy) is 1. The van der Waals surface area contributed by atoms with E-state index < -0.39 is 0 Å². The molecular formula is C15H24N2O. The van der Waals surface area contributed by atoms with Crippen LogP contribution in [0.15, 0.2) is 24.3 Å². The zero-order valence-electron chi connectivity index (χ0n) is 11.0. The zero-order valence-corrected chi connectivity index (χ0v) is 11.0. The molecule has 0 aliphatic heterocycles. The third-order valence-electron chi connectivity index (χ3n) is 3.49. The molecule has 0 heterocycles. The van der Waals surface area contributed by atoms with E-state index in [0.29, 0.717) is 19.2 Å². The molecule has 1 aliphatic carbocycles. The molecule has 1 fully saturated rings. The number of benzene rings is 1. The summed E-state index contributed by atoms with van der Waals surface area (Å²) in [6.07, 6.45) is 6.79. The Hall–Kier alpha value is -1.06. The summed E-state index contributed by atoms with van der Waals surface area (Å²) in [6.45, 7) is 2.08. The van der Waals surface area contributed by atoms with E-state index in [1.165, 1.54) is 37.7 Å². The lowest BCUT2D eigenvalue weighted by molar-refractivity contribution is 0.327. The first-order chi connectivity index (χ1) is 8.88. The lowest BCUT2D eigenvalue weighted by atomic mass is 9.95. The van der Waals surface area contributed by atoms with Crippen molar-refractivity contribution in [1.82, 2.24) is 5.32 Å². The Morgan fingerprint density at radius 2 is 2.06 bits per heavy atom. The van der Waals surface area contributed by atoms with E-state index in [1.54, 1.807) is 0 Å². The molecule has 3 nitrogen and oxygen atoms in total. The van der Waals surface area contributed by atoms with Crippen molar-refractivity contribution >= 4 is 0 Å². The van der Waals surface area contributed by atoms with Crippen LogP contribution < -0.4 is 15.8 Å². The number of nitrogens with two attached hydrogens (primary N) is 1. The molecular weight excluding hydrogens is 224 g/mol. The normalized spacial score (nSPS) is 16.7. The third-order valence-corrected chi connectivity index (χ3v) is 3.49. The maximum Gasteiger partial charge on any atom is 0.119 e. The van der Waals surface area contributed by atoms with Crippen molar-refractivity contribution in [3.8, 4) is 5.75 Å². The quantitative estimate of drug-likeness (QED) is 0.813. The highest BCUT2D eigenvalue weighted by Gasteiger charge is 2.12. The van der Waals surface area contributed by atoms with Gasteiger partial charge in [-0.15, -0.1) is 0 Å². The Morgan fingerprint density at radius 3 is 2.83 bits per heavy atom. The van der Waals surface area contributed by atoms with E-state index in [0.717, 1.165) is 12.3 Å². The van der Waals surface area contributed by atoms with E-state index in [9.17, 15) is 0 Å². The second kappa shape index (κ2) is 7.39. The van der Waals surface area contributed by atoms with Crippen LogP contribution in [0.3, 0.4) is 0 Å². The third kappa shape index (κ3) is 4.31. The standard InChI is InChI=1S/C15H24N2O/c16-9-10-18-15-8-4-5-13(11-15)12-17-14-6-2-1-3-7-14/h4-5,8,11,14,17H,1-3,6-7,9-10,12,16H2. The monoisotopic (exact) mass is 248 g/mol. The molecule has 100 valence electrons. The Kier molecular flexibility index (Phi) is 5.49. The summed E-state index contributed by atoms with van der Waals surface area (Å²) in [5.41, 5.74) is 6.72. The molecule has 1 aliphatic rings. The van der Waals surface area contributed by atoms with Gasteiger partial charge in [0.1, 0.15) is 12.4 Å². The van der Waals surface area contributed by atoms with Crippen molar-refractivity contribution in [3.05, 3.63) is 29.8 Å². The van der Waals surface area contributed by atoms with Crippen LogP contribution in [-0.4, -0.2) is 19.2 Å². The summed E-state index contributed by atoms with van der Waals surface area (Å²) < 4.78 is 5.53. The van der Waals surface area contributed by atoms with Crippen molar-refractivity contribution in [1.29, 1.82) is 0 Å². The van der Waals surface area contributed by atoms with Gasteiger partial charge < -0.3 is 15.8 Å². The lowest BCUT2D eigenvalue weighted by Gasteiger charge is -2.23. The zero-order chi connectivity index (χ0) is 12.6. The van der Waals surface area contributed by atoms with Crippen LogP contribution in [0.5, 0.6) is 5.75 Å². The average molecular weight is 248 g/mol. The molecule has 18 heavy (non-hydrogen) atoms. The van der Waals surface area contributed by atoms with Crippen molar-refractivity contribution in [2.24, 2.45) is 5.73 Å². The van der Waals surface area contributed by atoms with Crippen molar-refractivity contribution < 1.29 is 4.74 Å². The highest BCUT2D eigenvalue weighted by atomic mass is 16.5. The maximum atomic E-state index is 5.53. The van der Waals surface area contributed by atoms with Crippen LogP contribution in [0, 0.1) is 0 Å². The Morgan fingerprint density at radius 1 is 1.22 bits per heavy atom. The summed E-state index contributed by atoms with van der Waals surface area (Å²) in [4.78, 5) is 0. The van der Waals surface area contributed by atoms with Crippen molar-refractivity contribution in [2.75, 3.05) is 13.2 Å². The van der Waals surface area contributed by atoms with Gasteiger partial charge in [-0.05, 0) is 30.5 Å². The SMILES string of the molecule is NCCOc1cccc(CNC2CCCCC2)c1. The first-order valence-electron chi connectivity index (χ1n) is 7.03. The van der Waals surface area contributed by atoms with Gasteiger partial charge in [0.25, 0.3) is 0 Å². The Bertz CT molecular complexity index is 348. The maximum absolute atomic E-state index is 5.53. The molecule has 0 amide bonds. The molecule has 0 bridgehead atoms. The van der Waals surface area contributed by atoms with Gasteiger partial charge in [-0.25, -0.2) is 0 Å². The van der Waals surface area contributed by atoms with Gasteiger partial charge >= 0.3 is 0 Å². The van der Waals surface area contributed by atoms with Crippen LogP contribution in [0.25, 0.3) is 0 Å². The minimum absolute atomic E-state index is 0.560. The van der Waals surface area contributed by atoms with E-state index in [2.05, 4.69) is 17.4 Å². The van der Waals surface area contributed by atoms with Gasteiger partial charge in [0.15, 0.2) is 0 Å². The van der Waals surface area contributed by atoms with Gasteiger partial charge in [-0.3, -0.25) is 0 Å². The average Bonchev–Trinajstić information content (AvgIpc) is 2.44. The first kappa shape index (κ1) is 13.4. The largest absolute Gasteiger partial charge is 0.492 e. The molecule has 3 heteroatoms. The second-order valence-electron chi connectivity index (χ2n) is 5.00. The predicted octanol–water partition coefficient (Wildman–Crippen LogP) is 2.45. The Labute approximate surface area is 110 Å². The van der Waals surface area contributed by atoms with Crippen LogP contribution in [0.2, 0.25) is 0 Å². The van der Waals surface area contributed by atoms with E-state index in [-0.39, 0.29) is 0 Å². The van der Waals surface area contributed by atoms with Gasteiger partial charge in [0.05, 0.1) is 0 Å². The van der Waals surface area contributed by atoms with Crippen LogP contribution >= 0.6 is 0 Å². The Balaban J connectivity index is 1.80. The summed E-state index contributed by atoms with van der Waals surface area (Å²) in [6, 6.07) is 8.98. The van der Waals surface area contributed by atoms with Gasteiger partial charge in [0, 0.05) is 19.1 Å².